The number of halogens is 1. The molecular weight excluding hydrogens is 235 g/mol. The first-order valence-electron chi connectivity index (χ1n) is 8.03. The molecule has 0 nitrogen and oxygen atoms in total. The lowest BCUT2D eigenvalue weighted by Crippen LogP contribution is -1.91. The van der Waals surface area contributed by atoms with Crippen molar-refractivity contribution < 1.29 is 4.39 Å². The molecule has 1 unspecified atom stereocenters. The van der Waals surface area contributed by atoms with Crippen LogP contribution in [-0.4, -0.2) is 0 Å². The Morgan fingerprint density at radius 3 is 1.89 bits per heavy atom. The number of alkyl halides is 1. The Labute approximate surface area is 118 Å². The maximum Gasteiger partial charge on any atom is 0.125 e. The number of benzene rings is 1. The number of hydrogen-bond acceptors (Lipinski definition) is 0. The molecule has 19 heavy (non-hydrogen) atoms. The highest BCUT2D eigenvalue weighted by molar-refractivity contribution is 5.17. The Morgan fingerprint density at radius 1 is 0.789 bits per heavy atom. The summed E-state index contributed by atoms with van der Waals surface area (Å²) < 4.78 is 13.8. The second kappa shape index (κ2) is 11.0. The number of rotatable bonds is 11. The van der Waals surface area contributed by atoms with Crippen molar-refractivity contribution in [2.75, 3.05) is 0 Å². The largest absolute Gasteiger partial charge is 0.242 e. The minimum absolute atomic E-state index is 0.680. The average molecular weight is 264 g/mol. The van der Waals surface area contributed by atoms with Crippen LogP contribution in [0.5, 0.6) is 0 Å². The lowest BCUT2D eigenvalue weighted by atomic mass is 10.0. The van der Waals surface area contributed by atoms with Gasteiger partial charge in [0.15, 0.2) is 0 Å². The van der Waals surface area contributed by atoms with E-state index in [0.717, 1.165) is 12.0 Å². The predicted molar refractivity (Wildman–Crippen MR) is 82.1 cm³/mol. The zero-order valence-corrected chi connectivity index (χ0v) is 12.4. The standard InChI is InChI=1S/C18H29F/c1-2-3-4-5-6-7-8-9-13-16-18(19)17-14-11-10-12-15-17/h10-12,14-15,18H,2-9,13,16H2,1H3. The van der Waals surface area contributed by atoms with Crippen LogP contribution in [0.1, 0.15) is 82.9 Å². The number of unbranched alkanes of at least 4 members (excludes halogenated alkanes) is 8. The molecule has 0 aliphatic carbocycles. The van der Waals surface area contributed by atoms with Gasteiger partial charge < -0.3 is 0 Å². The molecule has 0 bridgehead atoms. The van der Waals surface area contributed by atoms with Crippen LogP contribution in [0.25, 0.3) is 0 Å². The second-order valence-corrected chi connectivity index (χ2v) is 5.50. The predicted octanol–water partition coefficient (Wildman–Crippen LogP) is 6.62. The molecular formula is C18H29F. The van der Waals surface area contributed by atoms with Crippen molar-refractivity contribution in [1.29, 1.82) is 0 Å². The summed E-state index contributed by atoms with van der Waals surface area (Å²) in [5, 5.41) is 0. The highest BCUT2D eigenvalue weighted by Gasteiger charge is 2.07. The van der Waals surface area contributed by atoms with E-state index in [1.165, 1.54) is 51.4 Å². The minimum atomic E-state index is -0.772. The Balaban J connectivity index is 1.93. The Hall–Kier alpha value is -0.850. The summed E-state index contributed by atoms with van der Waals surface area (Å²) in [6.45, 7) is 2.25. The lowest BCUT2D eigenvalue weighted by Gasteiger charge is -2.08. The summed E-state index contributed by atoms with van der Waals surface area (Å²) in [5.74, 6) is 0. The third-order valence-corrected chi connectivity index (χ3v) is 3.72. The molecule has 1 rings (SSSR count). The van der Waals surface area contributed by atoms with E-state index in [0.29, 0.717) is 6.42 Å². The first-order valence-corrected chi connectivity index (χ1v) is 8.03. The van der Waals surface area contributed by atoms with Gasteiger partial charge in [0.25, 0.3) is 0 Å². The smallest absolute Gasteiger partial charge is 0.125 e. The van der Waals surface area contributed by atoms with Gasteiger partial charge in [0, 0.05) is 0 Å². The van der Waals surface area contributed by atoms with Crippen LogP contribution >= 0.6 is 0 Å². The quantitative estimate of drug-likeness (QED) is 0.394. The van der Waals surface area contributed by atoms with Crippen LogP contribution in [0.4, 0.5) is 4.39 Å². The Bertz CT molecular complexity index is 294. The van der Waals surface area contributed by atoms with Crippen LogP contribution < -0.4 is 0 Å². The topological polar surface area (TPSA) is 0 Å². The van der Waals surface area contributed by atoms with E-state index in [4.69, 9.17) is 0 Å². The number of hydrogen-bond donors (Lipinski definition) is 0. The maximum atomic E-state index is 13.8. The van der Waals surface area contributed by atoms with Gasteiger partial charge in [0.1, 0.15) is 6.17 Å². The van der Waals surface area contributed by atoms with Crippen LogP contribution in [0, 0.1) is 0 Å². The second-order valence-electron chi connectivity index (χ2n) is 5.50. The zero-order chi connectivity index (χ0) is 13.8. The lowest BCUT2D eigenvalue weighted by molar-refractivity contribution is 0.312. The average Bonchev–Trinajstić information content (AvgIpc) is 2.46. The fraction of sp³-hybridized carbons (Fsp3) is 0.667. The zero-order valence-electron chi connectivity index (χ0n) is 12.4. The van der Waals surface area contributed by atoms with E-state index >= 15 is 0 Å². The molecule has 0 saturated carbocycles. The molecule has 0 spiro atoms. The van der Waals surface area contributed by atoms with Crippen molar-refractivity contribution in [1.82, 2.24) is 0 Å². The molecule has 1 heteroatoms. The monoisotopic (exact) mass is 264 g/mol. The van der Waals surface area contributed by atoms with Crippen molar-refractivity contribution in [2.24, 2.45) is 0 Å². The van der Waals surface area contributed by atoms with Crippen LogP contribution in [0.3, 0.4) is 0 Å². The van der Waals surface area contributed by atoms with Gasteiger partial charge in [-0.1, -0.05) is 95.0 Å². The molecule has 1 aromatic carbocycles. The molecule has 0 aliphatic rings. The molecule has 1 aromatic rings. The fourth-order valence-electron chi connectivity index (χ4n) is 2.46. The Morgan fingerprint density at radius 2 is 1.32 bits per heavy atom. The summed E-state index contributed by atoms with van der Waals surface area (Å²) in [7, 11) is 0. The molecule has 0 fully saturated rings. The van der Waals surface area contributed by atoms with Crippen LogP contribution in [0.2, 0.25) is 0 Å². The third kappa shape index (κ3) is 8.02. The van der Waals surface area contributed by atoms with Gasteiger partial charge in [-0.05, 0) is 12.0 Å². The van der Waals surface area contributed by atoms with E-state index in [9.17, 15) is 4.39 Å². The SMILES string of the molecule is CCCCCCCCCCCC(F)c1ccccc1. The summed E-state index contributed by atoms with van der Waals surface area (Å²) >= 11 is 0. The molecule has 0 aliphatic heterocycles. The molecule has 108 valence electrons. The highest BCUT2D eigenvalue weighted by Crippen LogP contribution is 2.23. The first kappa shape index (κ1) is 16.2. The summed E-state index contributed by atoms with van der Waals surface area (Å²) in [6, 6.07) is 9.54. The van der Waals surface area contributed by atoms with Crippen molar-refractivity contribution in [3.63, 3.8) is 0 Å². The van der Waals surface area contributed by atoms with Gasteiger partial charge in [-0.3, -0.25) is 0 Å². The van der Waals surface area contributed by atoms with Gasteiger partial charge in [0.2, 0.25) is 0 Å². The van der Waals surface area contributed by atoms with Gasteiger partial charge in [-0.25, -0.2) is 4.39 Å². The van der Waals surface area contributed by atoms with Gasteiger partial charge in [-0.2, -0.15) is 0 Å². The maximum absolute atomic E-state index is 13.8. The Kier molecular flexibility index (Phi) is 9.40. The van der Waals surface area contributed by atoms with Crippen molar-refractivity contribution >= 4 is 0 Å². The van der Waals surface area contributed by atoms with E-state index in [-0.39, 0.29) is 0 Å². The van der Waals surface area contributed by atoms with Crippen molar-refractivity contribution in [3.8, 4) is 0 Å². The normalized spacial score (nSPS) is 12.5. The minimum Gasteiger partial charge on any atom is -0.242 e. The molecule has 0 aromatic heterocycles. The van der Waals surface area contributed by atoms with E-state index in [2.05, 4.69) is 6.92 Å². The molecule has 0 radical (unpaired) electrons. The van der Waals surface area contributed by atoms with Crippen molar-refractivity contribution in [3.05, 3.63) is 35.9 Å². The fourth-order valence-corrected chi connectivity index (χ4v) is 2.46. The van der Waals surface area contributed by atoms with E-state index in [1.54, 1.807) is 0 Å². The van der Waals surface area contributed by atoms with Crippen molar-refractivity contribution in [2.45, 2.75) is 77.3 Å². The van der Waals surface area contributed by atoms with Crippen LogP contribution in [0.15, 0.2) is 30.3 Å². The van der Waals surface area contributed by atoms with Gasteiger partial charge in [-0.15, -0.1) is 0 Å². The van der Waals surface area contributed by atoms with Gasteiger partial charge >= 0.3 is 0 Å². The third-order valence-electron chi connectivity index (χ3n) is 3.72. The summed E-state index contributed by atoms with van der Waals surface area (Å²) in [5.41, 5.74) is 0.835. The highest BCUT2D eigenvalue weighted by atomic mass is 19.1. The van der Waals surface area contributed by atoms with Crippen LogP contribution in [-0.2, 0) is 0 Å². The molecule has 0 N–H and O–H groups in total. The van der Waals surface area contributed by atoms with E-state index < -0.39 is 6.17 Å². The molecule has 0 heterocycles. The van der Waals surface area contributed by atoms with E-state index in [1.807, 2.05) is 30.3 Å². The summed E-state index contributed by atoms with van der Waals surface area (Å²) in [6.07, 6.45) is 11.5. The summed E-state index contributed by atoms with van der Waals surface area (Å²) in [4.78, 5) is 0. The van der Waals surface area contributed by atoms with Gasteiger partial charge in [0.05, 0.1) is 0 Å². The molecule has 0 saturated heterocycles. The molecule has 1 atom stereocenters. The first-order chi connectivity index (χ1) is 9.34. The molecule has 0 amide bonds.